The van der Waals surface area contributed by atoms with E-state index in [1.165, 1.54) is 12.1 Å². The Labute approximate surface area is 165 Å². The fraction of sp³-hybridized carbons (Fsp3) is 0.611. The number of anilines is 1. The first kappa shape index (κ1) is 19.9. The Balaban J connectivity index is 1.72. The van der Waals surface area contributed by atoms with Crippen molar-refractivity contribution in [1.82, 2.24) is 4.31 Å². The molecule has 1 N–H and O–H groups in total. The van der Waals surface area contributed by atoms with Crippen molar-refractivity contribution in [2.75, 3.05) is 18.4 Å². The van der Waals surface area contributed by atoms with Crippen molar-refractivity contribution in [1.29, 1.82) is 0 Å². The van der Waals surface area contributed by atoms with Gasteiger partial charge in [-0.2, -0.15) is 4.31 Å². The number of hydrogen-bond acceptors (Lipinski definition) is 3. The van der Waals surface area contributed by atoms with E-state index in [-0.39, 0.29) is 10.8 Å². The minimum absolute atomic E-state index is 0.235. The number of piperidine rings is 1. The smallest absolute Gasteiger partial charge is 0.243 e. The summed E-state index contributed by atoms with van der Waals surface area (Å²) in [6.45, 7) is 6.93. The molecule has 0 unspecified atom stereocenters. The standard InChI is InChI=1S/C18H24Cl2N2O3S/c1-12-8-13(2)10-22(9-12)26(24,25)15-6-4-14(5-7-15)21-16(23)17(3)11-18(17,19)20/h4-7,12-13H,8-11H2,1-3H3,(H,21,23)/t12-,13+,17-/m1/s1. The monoisotopic (exact) mass is 418 g/mol. The lowest BCUT2D eigenvalue weighted by Gasteiger charge is -2.34. The first-order chi connectivity index (χ1) is 12.0. The Morgan fingerprint density at radius 2 is 1.65 bits per heavy atom. The van der Waals surface area contributed by atoms with Crippen LogP contribution in [0.5, 0.6) is 0 Å². The summed E-state index contributed by atoms with van der Waals surface area (Å²) < 4.78 is 26.3. The molecule has 0 radical (unpaired) electrons. The van der Waals surface area contributed by atoms with Crippen LogP contribution in [0.3, 0.4) is 0 Å². The summed E-state index contributed by atoms with van der Waals surface area (Å²) in [4.78, 5) is 12.5. The molecule has 1 saturated carbocycles. The molecule has 1 saturated heterocycles. The number of benzene rings is 1. The molecule has 3 atom stereocenters. The average molecular weight is 419 g/mol. The molecular formula is C18H24Cl2N2O3S. The summed E-state index contributed by atoms with van der Waals surface area (Å²) in [7, 11) is -3.53. The Bertz CT molecular complexity index is 800. The first-order valence-electron chi connectivity index (χ1n) is 8.75. The van der Waals surface area contributed by atoms with Gasteiger partial charge in [-0.25, -0.2) is 8.42 Å². The molecule has 26 heavy (non-hydrogen) atoms. The van der Waals surface area contributed by atoms with Gasteiger partial charge in [-0.3, -0.25) is 4.79 Å². The molecule has 2 aliphatic rings. The second-order valence-corrected chi connectivity index (χ2v) is 11.4. The van der Waals surface area contributed by atoms with Crippen LogP contribution in [-0.4, -0.2) is 36.1 Å². The molecule has 1 aromatic rings. The van der Waals surface area contributed by atoms with E-state index in [0.29, 0.717) is 37.0 Å². The third kappa shape index (κ3) is 3.61. The van der Waals surface area contributed by atoms with Crippen LogP contribution in [0, 0.1) is 17.3 Å². The number of nitrogens with one attached hydrogen (secondary N) is 1. The summed E-state index contributed by atoms with van der Waals surface area (Å²) in [6.07, 6.45) is 1.44. The summed E-state index contributed by atoms with van der Waals surface area (Å²) in [5.74, 6) is 0.423. The van der Waals surface area contributed by atoms with Gasteiger partial charge in [-0.15, -0.1) is 23.2 Å². The normalized spacial score (nSPS) is 31.4. The van der Waals surface area contributed by atoms with Crippen LogP contribution in [0.2, 0.25) is 0 Å². The van der Waals surface area contributed by atoms with E-state index >= 15 is 0 Å². The number of sulfonamides is 1. The minimum Gasteiger partial charge on any atom is -0.326 e. The number of carbonyl (C=O) groups excluding carboxylic acids is 1. The maximum atomic E-state index is 12.9. The van der Waals surface area contributed by atoms with Gasteiger partial charge in [0, 0.05) is 18.8 Å². The van der Waals surface area contributed by atoms with Crippen LogP contribution in [0.4, 0.5) is 5.69 Å². The fourth-order valence-electron chi connectivity index (χ4n) is 3.58. The van der Waals surface area contributed by atoms with E-state index in [0.717, 1.165) is 6.42 Å². The highest BCUT2D eigenvalue weighted by atomic mass is 35.5. The quantitative estimate of drug-likeness (QED) is 0.754. The number of nitrogens with zero attached hydrogens (tertiary/aromatic N) is 1. The van der Waals surface area contributed by atoms with Gasteiger partial charge in [-0.05, 0) is 55.9 Å². The Morgan fingerprint density at radius 1 is 1.15 bits per heavy atom. The second-order valence-electron chi connectivity index (χ2n) is 7.96. The van der Waals surface area contributed by atoms with Crippen molar-refractivity contribution in [3.05, 3.63) is 24.3 Å². The van der Waals surface area contributed by atoms with E-state index in [4.69, 9.17) is 23.2 Å². The lowest BCUT2D eigenvalue weighted by Crippen LogP contribution is -2.42. The third-order valence-corrected chi connectivity index (χ3v) is 8.29. The number of alkyl halides is 2. The van der Waals surface area contributed by atoms with Crippen molar-refractivity contribution in [3.63, 3.8) is 0 Å². The summed E-state index contributed by atoms with van der Waals surface area (Å²) in [6, 6.07) is 6.24. The van der Waals surface area contributed by atoms with Crippen LogP contribution in [-0.2, 0) is 14.8 Å². The molecule has 1 aromatic carbocycles. The van der Waals surface area contributed by atoms with E-state index in [9.17, 15) is 13.2 Å². The molecule has 1 heterocycles. The highest BCUT2D eigenvalue weighted by Gasteiger charge is 2.67. The zero-order valence-electron chi connectivity index (χ0n) is 15.1. The van der Waals surface area contributed by atoms with E-state index in [1.807, 2.05) is 0 Å². The van der Waals surface area contributed by atoms with E-state index in [2.05, 4.69) is 19.2 Å². The van der Waals surface area contributed by atoms with Crippen LogP contribution < -0.4 is 5.32 Å². The largest absolute Gasteiger partial charge is 0.326 e. The van der Waals surface area contributed by atoms with Crippen molar-refractivity contribution in [3.8, 4) is 0 Å². The van der Waals surface area contributed by atoms with E-state index < -0.39 is 19.8 Å². The van der Waals surface area contributed by atoms with Gasteiger partial charge in [0.2, 0.25) is 15.9 Å². The fourth-order valence-corrected chi connectivity index (χ4v) is 5.96. The third-order valence-electron chi connectivity index (χ3n) is 5.34. The van der Waals surface area contributed by atoms with Gasteiger partial charge < -0.3 is 5.32 Å². The molecule has 3 rings (SSSR count). The zero-order chi connectivity index (χ0) is 19.3. The molecule has 0 spiro atoms. The van der Waals surface area contributed by atoms with Gasteiger partial charge in [0.15, 0.2) is 0 Å². The Hall–Kier alpha value is -0.820. The van der Waals surface area contributed by atoms with Crippen LogP contribution in [0.1, 0.15) is 33.6 Å². The maximum Gasteiger partial charge on any atom is 0.243 e. The van der Waals surface area contributed by atoms with Crippen molar-refractivity contribution >= 4 is 44.8 Å². The molecular weight excluding hydrogens is 395 g/mol. The van der Waals surface area contributed by atoms with Gasteiger partial charge in [-0.1, -0.05) is 13.8 Å². The topological polar surface area (TPSA) is 66.5 Å². The Morgan fingerprint density at radius 3 is 2.12 bits per heavy atom. The van der Waals surface area contributed by atoms with Gasteiger partial charge >= 0.3 is 0 Å². The first-order valence-corrected chi connectivity index (χ1v) is 10.9. The highest BCUT2D eigenvalue weighted by Crippen LogP contribution is 2.64. The lowest BCUT2D eigenvalue weighted by atomic mass is 9.94. The molecule has 0 bridgehead atoms. The molecule has 5 nitrogen and oxygen atoms in total. The molecule has 8 heteroatoms. The summed E-state index contributed by atoms with van der Waals surface area (Å²) in [5, 5.41) is 2.76. The number of rotatable bonds is 4. The van der Waals surface area contributed by atoms with Crippen LogP contribution >= 0.6 is 23.2 Å². The maximum absolute atomic E-state index is 12.9. The number of halogens is 2. The summed E-state index contributed by atoms with van der Waals surface area (Å²) >= 11 is 12.0. The molecule has 1 amide bonds. The van der Waals surface area contributed by atoms with Crippen molar-refractivity contribution in [2.24, 2.45) is 17.3 Å². The molecule has 0 aromatic heterocycles. The predicted molar refractivity (Wildman–Crippen MR) is 104 cm³/mol. The summed E-state index contributed by atoms with van der Waals surface area (Å²) in [5.41, 5.74) is -0.299. The number of carbonyl (C=O) groups is 1. The molecule has 1 aliphatic heterocycles. The van der Waals surface area contributed by atoms with Gasteiger partial charge in [0.1, 0.15) is 4.33 Å². The average Bonchev–Trinajstić information content (AvgIpc) is 3.06. The predicted octanol–water partition coefficient (Wildman–Crippen LogP) is 3.88. The molecule has 1 aliphatic carbocycles. The number of hydrogen-bond donors (Lipinski definition) is 1. The number of amides is 1. The van der Waals surface area contributed by atoms with Gasteiger partial charge in [0.25, 0.3) is 0 Å². The van der Waals surface area contributed by atoms with Crippen LogP contribution in [0.25, 0.3) is 0 Å². The minimum atomic E-state index is -3.53. The van der Waals surface area contributed by atoms with Crippen molar-refractivity contribution in [2.45, 2.75) is 42.8 Å². The SMILES string of the molecule is C[C@@H]1C[C@H](C)CN(S(=O)(=O)c2ccc(NC(=O)[C@@]3(C)CC3(Cl)Cl)cc2)C1. The molecule has 144 valence electrons. The van der Waals surface area contributed by atoms with E-state index in [1.54, 1.807) is 23.4 Å². The van der Waals surface area contributed by atoms with Crippen molar-refractivity contribution < 1.29 is 13.2 Å². The second kappa shape index (κ2) is 6.66. The Kier molecular flexibility index (Phi) is 5.10. The highest BCUT2D eigenvalue weighted by molar-refractivity contribution is 7.89. The van der Waals surface area contributed by atoms with Crippen LogP contribution in [0.15, 0.2) is 29.2 Å². The zero-order valence-corrected chi connectivity index (χ0v) is 17.5. The van der Waals surface area contributed by atoms with Gasteiger partial charge in [0.05, 0.1) is 10.3 Å². The lowest BCUT2D eigenvalue weighted by molar-refractivity contribution is -0.120. The molecule has 2 fully saturated rings.